The summed E-state index contributed by atoms with van der Waals surface area (Å²) in [5.74, 6) is 0. The number of benzene rings is 1. The second kappa shape index (κ2) is 3.61. The fourth-order valence-corrected chi connectivity index (χ4v) is 2.21. The number of fused-ring (bicyclic) bond motifs is 1. The van der Waals surface area contributed by atoms with Crippen LogP contribution in [0.1, 0.15) is 19.4 Å². The van der Waals surface area contributed by atoms with E-state index in [9.17, 15) is 0 Å². The normalized spacial score (nSPS) is 12.3. The van der Waals surface area contributed by atoms with Gasteiger partial charge in [-0.05, 0) is 27.6 Å². The molecule has 0 bridgehead atoms. The molecule has 0 fully saturated rings. The second-order valence-corrected chi connectivity index (χ2v) is 5.12. The van der Waals surface area contributed by atoms with Crippen molar-refractivity contribution in [2.75, 3.05) is 6.54 Å². The summed E-state index contributed by atoms with van der Waals surface area (Å²) in [5.41, 5.74) is 7.96. The molecule has 2 aromatic rings. The number of hydrogen-bond acceptors (Lipinski definition) is 2. The quantitative estimate of drug-likeness (QED) is 0.879. The maximum atomic E-state index is 5.80. The molecule has 2 rings (SSSR count). The summed E-state index contributed by atoms with van der Waals surface area (Å²) >= 11 is 3.48. The lowest BCUT2D eigenvalue weighted by Crippen LogP contribution is -2.28. The Balaban J connectivity index is 2.75. The molecule has 0 amide bonds. The maximum absolute atomic E-state index is 5.80. The summed E-state index contributed by atoms with van der Waals surface area (Å²) in [6.45, 7) is 4.89. The van der Waals surface area contributed by atoms with Crippen molar-refractivity contribution >= 4 is 26.8 Å². The number of nitrogens with one attached hydrogen (secondary N) is 1. The highest BCUT2D eigenvalue weighted by molar-refractivity contribution is 9.10. The van der Waals surface area contributed by atoms with E-state index in [-0.39, 0.29) is 5.41 Å². The number of nitrogens with zero attached hydrogens (tertiary/aromatic N) is 1. The maximum Gasteiger partial charge on any atom is 0.109 e. The molecule has 0 aliphatic heterocycles. The number of halogens is 1. The van der Waals surface area contributed by atoms with Gasteiger partial charge in [-0.3, -0.25) is 5.10 Å². The van der Waals surface area contributed by atoms with E-state index in [2.05, 4.69) is 46.0 Å². The van der Waals surface area contributed by atoms with Gasteiger partial charge in [0, 0.05) is 17.3 Å². The van der Waals surface area contributed by atoms with Crippen molar-refractivity contribution in [3.63, 3.8) is 0 Å². The van der Waals surface area contributed by atoms with E-state index >= 15 is 0 Å². The molecule has 1 aromatic carbocycles. The number of H-pyrrole nitrogens is 1. The molecule has 0 saturated heterocycles. The molecule has 15 heavy (non-hydrogen) atoms. The van der Waals surface area contributed by atoms with Crippen LogP contribution in [-0.2, 0) is 5.41 Å². The first-order valence-electron chi connectivity index (χ1n) is 4.89. The molecule has 0 spiro atoms. The van der Waals surface area contributed by atoms with Gasteiger partial charge in [-0.1, -0.05) is 26.0 Å². The zero-order valence-corrected chi connectivity index (χ0v) is 10.4. The van der Waals surface area contributed by atoms with Gasteiger partial charge < -0.3 is 5.73 Å². The lowest BCUT2D eigenvalue weighted by atomic mass is 9.83. The lowest BCUT2D eigenvalue weighted by Gasteiger charge is -2.23. The van der Waals surface area contributed by atoms with Crippen molar-refractivity contribution in [1.82, 2.24) is 10.2 Å². The average molecular weight is 268 g/mol. The fraction of sp³-hybridized carbons (Fsp3) is 0.364. The summed E-state index contributed by atoms with van der Waals surface area (Å²) in [4.78, 5) is 0. The van der Waals surface area contributed by atoms with Crippen LogP contribution in [0.2, 0.25) is 0 Å². The molecule has 3 nitrogen and oxygen atoms in total. The second-order valence-electron chi connectivity index (χ2n) is 4.33. The van der Waals surface area contributed by atoms with E-state index < -0.39 is 0 Å². The van der Waals surface area contributed by atoms with Crippen LogP contribution in [0.5, 0.6) is 0 Å². The molecule has 0 radical (unpaired) electrons. The van der Waals surface area contributed by atoms with Gasteiger partial charge in [0.25, 0.3) is 0 Å². The van der Waals surface area contributed by atoms with E-state index in [0.29, 0.717) is 6.54 Å². The summed E-state index contributed by atoms with van der Waals surface area (Å²) < 4.78 is 0.926. The minimum Gasteiger partial charge on any atom is -0.330 e. The third kappa shape index (κ3) is 1.68. The number of rotatable bonds is 2. The van der Waals surface area contributed by atoms with Crippen LogP contribution >= 0.6 is 15.9 Å². The van der Waals surface area contributed by atoms with Gasteiger partial charge in [-0.15, -0.1) is 0 Å². The van der Waals surface area contributed by atoms with E-state index in [0.717, 1.165) is 15.5 Å². The van der Waals surface area contributed by atoms with Crippen molar-refractivity contribution < 1.29 is 0 Å². The van der Waals surface area contributed by atoms with Crippen LogP contribution in [0.3, 0.4) is 0 Å². The van der Waals surface area contributed by atoms with Crippen LogP contribution in [-0.4, -0.2) is 16.7 Å². The van der Waals surface area contributed by atoms with E-state index in [1.54, 1.807) is 0 Å². The van der Waals surface area contributed by atoms with Crippen molar-refractivity contribution in [2.45, 2.75) is 19.3 Å². The van der Waals surface area contributed by atoms with Gasteiger partial charge in [-0.25, -0.2) is 0 Å². The van der Waals surface area contributed by atoms with Gasteiger partial charge in [0.05, 0.1) is 5.52 Å². The van der Waals surface area contributed by atoms with Crippen LogP contribution in [0.25, 0.3) is 10.9 Å². The van der Waals surface area contributed by atoms with Gasteiger partial charge in [0.15, 0.2) is 0 Å². The minimum atomic E-state index is -0.0358. The zero-order chi connectivity index (χ0) is 11.1. The van der Waals surface area contributed by atoms with Gasteiger partial charge in [0.2, 0.25) is 0 Å². The predicted molar refractivity (Wildman–Crippen MR) is 65.9 cm³/mol. The van der Waals surface area contributed by atoms with E-state index in [1.807, 2.05) is 12.1 Å². The highest BCUT2D eigenvalue weighted by Crippen LogP contribution is 2.32. The molecular formula is C11H14BrN3. The first kappa shape index (κ1) is 10.6. The Morgan fingerprint density at radius 2 is 2.20 bits per heavy atom. The van der Waals surface area contributed by atoms with Crippen molar-refractivity contribution in [2.24, 2.45) is 5.73 Å². The molecule has 1 aromatic heterocycles. The highest BCUT2D eigenvalue weighted by Gasteiger charge is 2.22. The standard InChI is InChI=1S/C11H14BrN3/c1-11(2,6-13)7-4-3-5-8-9(7)10(12)15-14-8/h3-5H,6,13H2,1-2H3,(H,14,15). The van der Waals surface area contributed by atoms with Crippen LogP contribution in [0.15, 0.2) is 22.8 Å². The molecule has 4 heteroatoms. The molecule has 0 unspecified atom stereocenters. The van der Waals surface area contributed by atoms with Crippen molar-refractivity contribution in [3.05, 3.63) is 28.4 Å². The number of aromatic amines is 1. The molecule has 0 aliphatic rings. The van der Waals surface area contributed by atoms with Crippen LogP contribution < -0.4 is 5.73 Å². The Labute approximate surface area is 97.2 Å². The zero-order valence-electron chi connectivity index (χ0n) is 8.84. The molecule has 0 saturated carbocycles. The van der Waals surface area contributed by atoms with Gasteiger partial charge in [-0.2, -0.15) is 5.10 Å². The Bertz CT molecular complexity index is 488. The summed E-state index contributed by atoms with van der Waals surface area (Å²) in [7, 11) is 0. The van der Waals surface area contributed by atoms with Gasteiger partial charge in [0.1, 0.15) is 4.60 Å². The predicted octanol–water partition coefficient (Wildman–Crippen LogP) is 2.56. The Morgan fingerprint density at radius 3 is 2.87 bits per heavy atom. The lowest BCUT2D eigenvalue weighted by molar-refractivity contribution is 0.543. The third-order valence-electron chi connectivity index (χ3n) is 2.78. The minimum absolute atomic E-state index is 0.0358. The highest BCUT2D eigenvalue weighted by atomic mass is 79.9. The summed E-state index contributed by atoms with van der Waals surface area (Å²) in [6.07, 6.45) is 0. The SMILES string of the molecule is CC(C)(CN)c1cccc2n[nH]c(Br)c12. The molecule has 0 aliphatic carbocycles. The molecule has 1 heterocycles. The number of nitrogens with two attached hydrogens (primary N) is 1. The third-order valence-corrected chi connectivity index (χ3v) is 3.35. The smallest absolute Gasteiger partial charge is 0.109 e. The Morgan fingerprint density at radius 1 is 1.47 bits per heavy atom. The molecular weight excluding hydrogens is 254 g/mol. The van der Waals surface area contributed by atoms with E-state index in [1.165, 1.54) is 5.56 Å². The van der Waals surface area contributed by atoms with Gasteiger partial charge >= 0.3 is 0 Å². The Hall–Kier alpha value is -0.870. The fourth-order valence-electron chi connectivity index (χ4n) is 1.70. The molecule has 0 atom stereocenters. The van der Waals surface area contributed by atoms with Crippen LogP contribution in [0, 0.1) is 0 Å². The Kier molecular flexibility index (Phi) is 2.56. The monoisotopic (exact) mass is 267 g/mol. The average Bonchev–Trinajstić information content (AvgIpc) is 2.60. The first-order chi connectivity index (χ1) is 7.06. The largest absolute Gasteiger partial charge is 0.330 e. The number of hydrogen-bond donors (Lipinski definition) is 2. The summed E-state index contributed by atoms with van der Waals surface area (Å²) in [5, 5.41) is 8.29. The van der Waals surface area contributed by atoms with E-state index in [4.69, 9.17) is 5.73 Å². The first-order valence-corrected chi connectivity index (χ1v) is 5.69. The summed E-state index contributed by atoms with van der Waals surface area (Å²) in [6, 6.07) is 6.12. The molecule has 3 N–H and O–H groups in total. The number of aromatic nitrogens is 2. The topological polar surface area (TPSA) is 54.7 Å². The van der Waals surface area contributed by atoms with Crippen molar-refractivity contribution in [3.8, 4) is 0 Å². The van der Waals surface area contributed by atoms with Crippen LogP contribution in [0.4, 0.5) is 0 Å². The van der Waals surface area contributed by atoms with Crippen molar-refractivity contribution in [1.29, 1.82) is 0 Å². The molecule has 80 valence electrons.